The number of rotatable bonds is 4. The first-order chi connectivity index (χ1) is 8.13. The van der Waals surface area contributed by atoms with Gasteiger partial charge in [0.05, 0.1) is 18.3 Å². The van der Waals surface area contributed by atoms with E-state index in [1.807, 2.05) is 18.7 Å². The zero-order valence-corrected chi connectivity index (χ0v) is 10.9. The van der Waals surface area contributed by atoms with Gasteiger partial charge in [-0.15, -0.1) is 0 Å². The lowest BCUT2D eigenvalue weighted by Crippen LogP contribution is -2.39. The van der Waals surface area contributed by atoms with Crippen molar-refractivity contribution in [1.29, 1.82) is 0 Å². The van der Waals surface area contributed by atoms with Crippen LogP contribution < -0.4 is 5.73 Å². The Labute approximate surface area is 103 Å². The third-order valence-electron chi connectivity index (χ3n) is 3.61. The summed E-state index contributed by atoms with van der Waals surface area (Å²) < 4.78 is 7.29. The molecule has 2 N–H and O–H groups in total. The Morgan fingerprint density at radius 3 is 2.94 bits per heavy atom. The molecule has 0 aromatic carbocycles. The number of aromatic nitrogens is 2. The van der Waals surface area contributed by atoms with Gasteiger partial charge in [0, 0.05) is 38.0 Å². The van der Waals surface area contributed by atoms with Crippen LogP contribution in [0.15, 0.2) is 6.20 Å². The monoisotopic (exact) mass is 238 g/mol. The van der Waals surface area contributed by atoms with E-state index in [0.717, 1.165) is 25.3 Å². The SMILES string of the molecule is Cc1nn(C)cc1C(CN)N(C)C1CCOC1. The lowest BCUT2D eigenvalue weighted by molar-refractivity contribution is 0.134. The fraction of sp³-hybridized carbons (Fsp3) is 0.750. The molecule has 5 nitrogen and oxygen atoms in total. The Hall–Kier alpha value is -0.910. The predicted octanol–water partition coefficient (Wildman–Crippen LogP) is 0.449. The Morgan fingerprint density at radius 1 is 1.71 bits per heavy atom. The quantitative estimate of drug-likeness (QED) is 0.827. The number of nitrogens with two attached hydrogens (primary N) is 1. The topological polar surface area (TPSA) is 56.3 Å². The van der Waals surface area contributed by atoms with Crippen LogP contribution in [0.2, 0.25) is 0 Å². The molecule has 1 aliphatic heterocycles. The van der Waals surface area contributed by atoms with Crippen LogP contribution in [0.25, 0.3) is 0 Å². The third-order valence-corrected chi connectivity index (χ3v) is 3.61. The van der Waals surface area contributed by atoms with Crippen LogP contribution in [0.5, 0.6) is 0 Å². The lowest BCUT2D eigenvalue weighted by atomic mass is 10.0. The molecular weight excluding hydrogens is 216 g/mol. The van der Waals surface area contributed by atoms with Crippen molar-refractivity contribution in [2.45, 2.75) is 25.4 Å². The second-order valence-electron chi connectivity index (χ2n) is 4.78. The van der Waals surface area contributed by atoms with E-state index in [2.05, 4.69) is 23.2 Å². The molecule has 0 spiro atoms. The molecule has 1 aliphatic rings. The second kappa shape index (κ2) is 5.16. The largest absolute Gasteiger partial charge is 0.380 e. The summed E-state index contributed by atoms with van der Waals surface area (Å²) in [5, 5.41) is 4.39. The van der Waals surface area contributed by atoms with Crippen molar-refractivity contribution in [2.24, 2.45) is 12.8 Å². The number of likely N-dealkylation sites (N-methyl/N-ethyl adjacent to an activating group) is 1. The third kappa shape index (κ3) is 2.51. The fourth-order valence-corrected chi connectivity index (χ4v) is 2.56. The molecule has 96 valence electrons. The van der Waals surface area contributed by atoms with Crippen LogP contribution in [0, 0.1) is 6.92 Å². The van der Waals surface area contributed by atoms with Gasteiger partial charge in [-0.25, -0.2) is 0 Å². The minimum absolute atomic E-state index is 0.232. The van der Waals surface area contributed by atoms with E-state index in [1.54, 1.807) is 0 Å². The number of hydrogen-bond donors (Lipinski definition) is 1. The normalized spacial score (nSPS) is 22.3. The van der Waals surface area contributed by atoms with Crippen LogP contribution in [-0.4, -0.2) is 47.5 Å². The fourth-order valence-electron chi connectivity index (χ4n) is 2.56. The lowest BCUT2D eigenvalue weighted by Gasteiger charge is -2.31. The van der Waals surface area contributed by atoms with Crippen molar-refractivity contribution in [3.05, 3.63) is 17.5 Å². The van der Waals surface area contributed by atoms with E-state index in [4.69, 9.17) is 10.5 Å². The maximum Gasteiger partial charge on any atom is 0.0641 e. The Balaban J connectivity index is 2.17. The molecule has 2 rings (SSSR count). The van der Waals surface area contributed by atoms with Gasteiger partial charge in [-0.05, 0) is 20.4 Å². The molecule has 0 aliphatic carbocycles. The molecule has 0 bridgehead atoms. The van der Waals surface area contributed by atoms with Crippen LogP contribution in [0.1, 0.15) is 23.7 Å². The maximum atomic E-state index is 5.93. The van der Waals surface area contributed by atoms with Gasteiger partial charge < -0.3 is 10.5 Å². The van der Waals surface area contributed by atoms with Gasteiger partial charge in [-0.1, -0.05) is 0 Å². The van der Waals surface area contributed by atoms with Crippen LogP contribution in [0.4, 0.5) is 0 Å². The smallest absolute Gasteiger partial charge is 0.0641 e. The summed E-state index contributed by atoms with van der Waals surface area (Å²) in [6, 6.07) is 0.707. The zero-order valence-electron chi connectivity index (χ0n) is 10.9. The predicted molar refractivity (Wildman–Crippen MR) is 66.7 cm³/mol. The van der Waals surface area contributed by atoms with E-state index in [1.165, 1.54) is 5.56 Å². The summed E-state index contributed by atoms with van der Waals surface area (Å²) in [5.74, 6) is 0. The summed E-state index contributed by atoms with van der Waals surface area (Å²) in [4.78, 5) is 2.33. The Kier molecular flexibility index (Phi) is 3.81. The van der Waals surface area contributed by atoms with E-state index < -0.39 is 0 Å². The average Bonchev–Trinajstić information content (AvgIpc) is 2.90. The van der Waals surface area contributed by atoms with Gasteiger partial charge in [0.25, 0.3) is 0 Å². The first kappa shape index (κ1) is 12.5. The molecule has 0 saturated carbocycles. The molecule has 2 heterocycles. The molecule has 2 atom stereocenters. The summed E-state index contributed by atoms with van der Waals surface area (Å²) >= 11 is 0. The van der Waals surface area contributed by atoms with Crippen LogP contribution >= 0.6 is 0 Å². The van der Waals surface area contributed by atoms with Gasteiger partial charge in [-0.2, -0.15) is 5.10 Å². The highest BCUT2D eigenvalue weighted by molar-refractivity contribution is 5.20. The Morgan fingerprint density at radius 2 is 2.47 bits per heavy atom. The molecule has 1 aromatic heterocycles. The van der Waals surface area contributed by atoms with Gasteiger partial charge in [0.2, 0.25) is 0 Å². The molecule has 5 heteroatoms. The molecule has 0 radical (unpaired) electrons. The summed E-state index contributed by atoms with van der Waals surface area (Å²) in [5.41, 5.74) is 8.22. The summed E-state index contributed by atoms with van der Waals surface area (Å²) in [6.45, 7) is 4.32. The van der Waals surface area contributed by atoms with Crippen molar-refractivity contribution in [1.82, 2.24) is 14.7 Å². The van der Waals surface area contributed by atoms with E-state index in [-0.39, 0.29) is 6.04 Å². The maximum absolute atomic E-state index is 5.93. The highest BCUT2D eigenvalue weighted by Gasteiger charge is 2.28. The minimum Gasteiger partial charge on any atom is -0.380 e. The Bertz CT molecular complexity index is 371. The molecule has 1 aromatic rings. The molecule has 0 amide bonds. The second-order valence-corrected chi connectivity index (χ2v) is 4.78. The molecule has 1 fully saturated rings. The van der Waals surface area contributed by atoms with E-state index >= 15 is 0 Å². The van der Waals surface area contributed by atoms with E-state index in [9.17, 15) is 0 Å². The highest BCUT2D eigenvalue weighted by atomic mass is 16.5. The molecule has 2 unspecified atom stereocenters. The van der Waals surface area contributed by atoms with Crippen molar-refractivity contribution in [3.63, 3.8) is 0 Å². The van der Waals surface area contributed by atoms with Crippen LogP contribution in [0.3, 0.4) is 0 Å². The van der Waals surface area contributed by atoms with Crippen molar-refractivity contribution in [3.8, 4) is 0 Å². The minimum atomic E-state index is 0.232. The zero-order chi connectivity index (χ0) is 12.4. The van der Waals surface area contributed by atoms with Gasteiger partial charge in [0.15, 0.2) is 0 Å². The molecular formula is C12H22N4O. The van der Waals surface area contributed by atoms with Crippen LogP contribution in [-0.2, 0) is 11.8 Å². The molecule has 1 saturated heterocycles. The average molecular weight is 238 g/mol. The van der Waals surface area contributed by atoms with Crippen molar-refractivity contribution < 1.29 is 4.74 Å². The molecule has 17 heavy (non-hydrogen) atoms. The first-order valence-electron chi connectivity index (χ1n) is 6.13. The summed E-state index contributed by atoms with van der Waals surface area (Å²) in [6.07, 6.45) is 3.16. The number of nitrogens with zero attached hydrogens (tertiary/aromatic N) is 3. The standard InChI is InChI=1S/C12H22N4O/c1-9-11(7-15(2)14-9)12(6-13)16(3)10-4-5-17-8-10/h7,10,12H,4-6,8,13H2,1-3H3. The summed E-state index contributed by atoms with van der Waals surface area (Å²) in [7, 11) is 4.08. The highest BCUT2D eigenvalue weighted by Crippen LogP contribution is 2.25. The number of hydrogen-bond acceptors (Lipinski definition) is 4. The number of ether oxygens (including phenoxy) is 1. The van der Waals surface area contributed by atoms with Crippen molar-refractivity contribution >= 4 is 0 Å². The van der Waals surface area contributed by atoms with E-state index in [0.29, 0.717) is 12.6 Å². The van der Waals surface area contributed by atoms with Crippen molar-refractivity contribution in [2.75, 3.05) is 26.8 Å². The van der Waals surface area contributed by atoms with Gasteiger partial charge >= 0.3 is 0 Å². The number of aryl methyl sites for hydroxylation is 2. The van der Waals surface area contributed by atoms with Gasteiger partial charge in [-0.3, -0.25) is 9.58 Å². The first-order valence-corrected chi connectivity index (χ1v) is 6.13. The van der Waals surface area contributed by atoms with Gasteiger partial charge in [0.1, 0.15) is 0 Å².